The first kappa shape index (κ1) is 20.9. The summed E-state index contributed by atoms with van der Waals surface area (Å²) in [6, 6.07) is 17.1. The summed E-state index contributed by atoms with van der Waals surface area (Å²) in [7, 11) is 1.90. The normalized spacial score (nSPS) is 15.5. The second-order valence-electron chi connectivity index (χ2n) is 7.58. The lowest BCUT2D eigenvalue weighted by Crippen LogP contribution is -2.49. The van der Waals surface area contributed by atoms with Gasteiger partial charge in [0.1, 0.15) is 0 Å². The molecule has 3 rings (SSSR count). The Morgan fingerprint density at radius 1 is 1.00 bits per heavy atom. The highest BCUT2D eigenvalue weighted by Gasteiger charge is 2.21. The van der Waals surface area contributed by atoms with Crippen LogP contribution in [0.5, 0.6) is 0 Å². The molecular weight excluding hydrogens is 366 g/mol. The van der Waals surface area contributed by atoms with E-state index < -0.39 is 0 Å². The lowest BCUT2D eigenvalue weighted by molar-refractivity contribution is -0.132. The fourth-order valence-electron chi connectivity index (χ4n) is 3.54. The predicted molar refractivity (Wildman–Crippen MR) is 118 cm³/mol. The van der Waals surface area contributed by atoms with Crippen LogP contribution in [-0.4, -0.2) is 66.6 Å². The number of thioether (sulfide) groups is 1. The molecule has 1 heterocycles. The van der Waals surface area contributed by atoms with Gasteiger partial charge in [0.15, 0.2) is 0 Å². The van der Waals surface area contributed by atoms with Crippen molar-refractivity contribution in [3.05, 3.63) is 65.2 Å². The third-order valence-electron chi connectivity index (χ3n) is 5.48. The molecule has 0 saturated carbocycles. The van der Waals surface area contributed by atoms with Gasteiger partial charge in [-0.3, -0.25) is 14.6 Å². The number of aryl methyl sites for hydroxylation is 1. The van der Waals surface area contributed by atoms with Gasteiger partial charge in [-0.25, -0.2) is 0 Å². The van der Waals surface area contributed by atoms with Crippen LogP contribution in [0.3, 0.4) is 0 Å². The van der Waals surface area contributed by atoms with E-state index in [1.54, 1.807) is 11.8 Å². The third-order valence-corrected chi connectivity index (χ3v) is 6.23. The van der Waals surface area contributed by atoms with Gasteiger partial charge in [0.2, 0.25) is 5.91 Å². The molecule has 5 heteroatoms. The maximum atomic E-state index is 12.6. The van der Waals surface area contributed by atoms with Crippen molar-refractivity contribution in [3.8, 4) is 0 Å². The monoisotopic (exact) mass is 397 g/mol. The summed E-state index contributed by atoms with van der Waals surface area (Å²) in [5.74, 6) is 0.196. The molecule has 1 saturated heterocycles. The van der Waals surface area contributed by atoms with E-state index >= 15 is 0 Å². The van der Waals surface area contributed by atoms with Crippen LogP contribution in [0.2, 0.25) is 0 Å². The lowest BCUT2D eigenvalue weighted by atomic mass is 10.1. The molecule has 0 aliphatic carbocycles. The van der Waals surface area contributed by atoms with Crippen molar-refractivity contribution in [2.75, 3.05) is 46.0 Å². The van der Waals surface area contributed by atoms with Crippen LogP contribution < -0.4 is 0 Å². The minimum absolute atomic E-state index is 0.196. The van der Waals surface area contributed by atoms with Crippen molar-refractivity contribution in [3.63, 3.8) is 0 Å². The molecule has 0 bridgehead atoms. The fraction of sp³-hybridized carbons (Fsp3) is 0.435. The van der Waals surface area contributed by atoms with E-state index in [1.165, 1.54) is 21.6 Å². The Labute approximate surface area is 173 Å². The van der Waals surface area contributed by atoms with Crippen molar-refractivity contribution >= 4 is 17.7 Å². The molecule has 0 spiro atoms. The Morgan fingerprint density at radius 3 is 2.29 bits per heavy atom. The number of rotatable bonds is 7. The van der Waals surface area contributed by atoms with E-state index in [0.717, 1.165) is 32.7 Å². The number of hydrogen-bond acceptors (Lipinski definition) is 4. The molecule has 2 aromatic carbocycles. The maximum Gasteiger partial charge on any atom is 0.236 e. The summed E-state index contributed by atoms with van der Waals surface area (Å²) >= 11 is 1.74. The van der Waals surface area contributed by atoms with Crippen LogP contribution in [0.4, 0.5) is 0 Å². The molecule has 150 valence electrons. The van der Waals surface area contributed by atoms with Crippen LogP contribution in [0.15, 0.2) is 53.4 Å². The number of amides is 1. The quantitative estimate of drug-likeness (QED) is 0.668. The number of hydrogen-bond donors (Lipinski definition) is 0. The number of carbonyl (C=O) groups is 1. The first-order valence-electron chi connectivity index (χ1n) is 9.91. The van der Waals surface area contributed by atoms with Crippen LogP contribution in [0.1, 0.15) is 16.7 Å². The molecule has 1 aliphatic heterocycles. The third kappa shape index (κ3) is 5.84. The van der Waals surface area contributed by atoms with Crippen LogP contribution >= 0.6 is 11.8 Å². The first-order chi connectivity index (χ1) is 13.5. The lowest BCUT2D eigenvalue weighted by Gasteiger charge is -2.35. The number of piperazine rings is 1. The molecule has 0 N–H and O–H groups in total. The van der Waals surface area contributed by atoms with Crippen molar-refractivity contribution in [2.45, 2.75) is 24.9 Å². The van der Waals surface area contributed by atoms with Crippen LogP contribution in [0, 0.1) is 6.92 Å². The number of carbonyl (C=O) groups excluding carboxylic acids is 1. The molecular formula is C23H31N3OS. The van der Waals surface area contributed by atoms with Crippen molar-refractivity contribution in [2.24, 2.45) is 0 Å². The fourth-order valence-corrected chi connectivity index (χ4v) is 3.95. The molecule has 2 aromatic rings. The van der Waals surface area contributed by atoms with Crippen LogP contribution in [0.25, 0.3) is 0 Å². The molecule has 0 atom stereocenters. The van der Waals surface area contributed by atoms with E-state index in [-0.39, 0.29) is 5.91 Å². The molecule has 0 unspecified atom stereocenters. The Kier molecular flexibility index (Phi) is 7.54. The average Bonchev–Trinajstić information content (AvgIpc) is 2.71. The van der Waals surface area contributed by atoms with Gasteiger partial charge < -0.3 is 4.90 Å². The largest absolute Gasteiger partial charge is 0.340 e. The second kappa shape index (κ2) is 10.1. The SMILES string of the molecule is CSc1ccc(CN(C)C(=O)CN2CCN(Cc3ccccc3C)CC2)cc1. The molecule has 0 radical (unpaired) electrons. The highest BCUT2D eigenvalue weighted by molar-refractivity contribution is 7.98. The van der Waals surface area contributed by atoms with E-state index in [0.29, 0.717) is 13.1 Å². The predicted octanol–water partition coefficient (Wildman–Crippen LogP) is 3.49. The summed E-state index contributed by atoms with van der Waals surface area (Å²) in [6.45, 7) is 8.29. The molecule has 28 heavy (non-hydrogen) atoms. The van der Waals surface area contributed by atoms with Crippen molar-refractivity contribution in [1.82, 2.24) is 14.7 Å². The van der Waals surface area contributed by atoms with Gasteiger partial charge in [-0.05, 0) is 42.0 Å². The minimum atomic E-state index is 0.196. The van der Waals surface area contributed by atoms with E-state index in [9.17, 15) is 4.79 Å². The summed E-state index contributed by atoms with van der Waals surface area (Å²) in [5, 5.41) is 0. The van der Waals surface area contributed by atoms with E-state index in [1.807, 2.05) is 11.9 Å². The van der Waals surface area contributed by atoms with Crippen LogP contribution in [-0.2, 0) is 17.9 Å². The number of likely N-dealkylation sites (N-methyl/N-ethyl adjacent to an activating group) is 1. The van der Waals surface area contributed by atoms with Gasteiger partial charge in [0, 0.05) is 51.2 Å². The van der Waals surface area contributed by atoms with E-state index in [4.69, 9.17) is 0 Å². The zero-order valence-corrected chi connectivity index (χ0v) is 18.0. The summed E-state index contributed by atoms with van der Waals surface area (Å²) in [5.41, 5.74) is 3.93. The summed E-state index contributed by atoms with van der Waals surface area (Å²) in [6.07, 6.45) is 2.07. The summed E-state index contributed by atoms with van der Waals surface area (Å²) < 4.78 is 0. The molecule has 1 fully saturated rings. The first-order valence-corrected chi connectivity index (χ1v) is 11.1. The zero-order valence-electron chi connectivity index (χ0n) is 17.2. The number of nitrogens with zero attached hydrogens (tertiary/aromatic N) is 3. The highest BCUT2D eigenvalue weighted by Crippen LogP contribution is 2.16. The Hall–Kier alpha value is -1.82. The minimum Gasteiger partial charge on any atom is -0.340 e. The van der Waals surface area contributed by atoms with Gasteiger partial charge in [-0.15, -0.1) is 11.8 Å². The van der Waals surface area contributed by atoms with Gasteiger partial charge >= 0.3 is 0 Å². The van der Waals surface area contributed by atoms with E-state index in [2.05, 4.69) is 71.5 Å². The van der Waals surface area contributed by atoms with Gasteiger partial charge in [0.05, 0.1) is 6.54 Å². The van der Waals surface area contributed by atoms with Gasteiger partial charge in [0.25, 0.3) is 0 Å². The topological polar surface area (TPSA) is 26.8 Å². The highest BCUT2D eigenvalue weighted by atomic mass is 32.2. The Balaban J connectivity index is 1.43. The van der Waals surface area contributed by atoms with Crippen molar-refractivity contribution < 1.29 is 4.79 Å². The van der Waals surface area contributed by atoms with Gasteiger partial charge in [-0.1, -0.05) is 36.4 Å². The summed E-state index contributed by atoms with van der Waals surface area (Å²) in [4.78, 5) is 20.5. The Morgan fingerprint density at radius 2 is 1.64 bits per heavy atom. The standard InChI is InChI=1S/C23H31N3OS/c1-19-6-4-5-7-21(19)17-25-12-14-26(15-13-25)18-23(27)24(2)16-20-8-10-22(28-3)11-9-20/h4-11H,12-18H2,1-3H3. The zero-order chi connectivity index (χ0) is 19.9. The molecule has 1 amide bonds. The number of benzene rings is 2. The average molecular weight is 398 g/mol. The smallest absolute Gasteiger partial charge is 0.236 e. The van der Waals surface area contributed by atoms with Crippen molar-refractivity contribution in [1.29, 1.82) is 0 Å². The molecule has 4 nitrogen and oxygen atoms in total. The second-order valence-corrected chi connectivity index (χ2v) is 8.46. The van der Waals surface area contributed by atoms with Gasteiger partial charge in [-0.2, -0.15) is 0 Å². The Bertz CT molecular complexity index is 770. The maximum absolute atomic E-state index is 12.6. The molecule has 0 aromatic heterocycles. The molecule has 1 aliphatic rings.